The summed E-state index contributed by atoms with van der Waals surface area (Å²) in [5.41, 5.74) is -0.298. The van der Waals surface area contributed by atoms with Crippen LogP contribution in [0.3, 0.4) is 0 Å². The van der Waals surface area contributed by atoms with Gasteiger partial charge in [0.05, 0.1) is 11.8 Å². The van der Waals surface area contributed by atoms with Crippen molar-refractivity contribution in [1.29, 1.82) is 0 Å². The van der Waals surface area contributed by atoms with Gasteiger partial charge in [-0.1, -0.05) is 0 Å². The predicted molar refractivity (Wildman–Crippen MR) is 75.0 cm³/mol. The highest BCUT2D eigenvalue weighted by Crippen LogP contribution is 2.30. The summed E-state index contributed by atoms with van der Waals surface area (Å²) in [5.74, 6) is -0.845. The van der Waals surface area contributed by atoms with Crippen molar-refractivity contribution in [3.63, 3.8) is 0 Å². The van der Waals surface area contributed by atoms with Gasteiger partial charge in [0.2, 0.25) is 0 Å². The summed E-state index contributed by atoms with van der Waals surface area (Å²) in [7, 11) is 1.75. The zero-order chi connectivity index (χ0) is 14.0. The number of anilines is 1. The molecule has 1 N–H and O–H groups in total. The van der Waals surface area contributed by atoms with Gasteiger partial charge in [-0.05, 0) is 26.7 Å². The largest absolute Gasteiger partial charge is 0.481 e. The Morgan fingerprint density at radius 1 is 1.53 bits per heavy atom. The Kier molecular flexibility index (Phi) is 4.10. The van der Waals surface area contributed by atoms with E-state index in [4.69, 9.17) is 4.74 Å². The van der Waals surface area contributed by atoms with E-state index >= 15 is 0 Å². The lowest BCUT2D eigenvalue weighted by Gasteiger charge is -2.31. The summed E-state index contributed by atoms with van der Waals surface area (Å²) >= 11 is 1.52. The number of rotatable bonds is 4. The van der Waals surface area contributed by atoms with Crippen LogP contribution in [0.15, 0.2) is 5.38 Å². The fraction of sp³-hybridized carbons (Fsp3) is 0.692. The van der Waals surface area contributed by atoms with Gasteiger partial charge in [-0.25, -0.2) is 4.98 Å². The Bertz CT molecular complexity index is 450. The molecular weight excluding hydrogens is 264 g/mol. The molecule has 0 spiro atoms. The number of aromatic nitrogens is 1. The van der Waals surface area contributed by atoms with Gasteiger partial charge in [0.15, 0.2) is 5.13 Å². The third-order valence-corrected chi connectivity index (χ3v) is 4.61. The molecule has 1 aliphatic rings. The Labute approximate surface area is 117 Å². The molecule has 6 heteroatoms. The highest BCUT2D eigenvalue weighted by atomic mass is 32.1. The Morgan fingerprint density at radius 3 is 2.68 bits per heavy atom. The van der Waals surface area contributed by atoms with Crippen LogP contribution in [0.4, 0.5) is 5.13 Å². The van der Waals surface area contributed by atoms with Crippen molar-refractivity contribution in [2.75, 3.05) is 25.1 Å². The predicted octanol–water partition coefficient (Wildman–Crippen LogP) is 2.12. The van der Waals surface area contributed by atoms with E-state index in [0.29, 0.717) is 11.8 Å². The van der Waals surface area contributed by atoms with Crippen LogP contribution < -0.4 is 4.90 Å². The second-order valence-corrected chi connectivity index (χ2v) is 6.20. The molecular formula is C13H20N2O3S. The van der Waals surface area contributed by atoms with Crippen LogP contribution in [0.25, 0.3) is 0 Å². The van der Waals surface area contributed by atoms with E-state index in [1.54, 1.807) is 21.0 Å². The maximum absolute atomic E-state index is 11.2. The Morgan fingerprint density at radius 2 is 2.16 bits per heavy atom. The molecule has 0 bridgehead atoms. The molecule has 0 radical (unpaired) electrons. The highest BCUT2D eigenvalue weighted by Gasteiger charge is 2.33. The summed E-state index contributed by atoms with van der Waals surface area (Å²) < 4.78 is 5.34. The SMILES string of the molecule is COC1CCN(c2nc(C(C)(C)C(=O)O)cs2)CC1. The number of piperidine rings is 1. The normalized spacial score (nSPS) is 17.7. The highest BCUT2D eigenvalue weighted by molar-refractivity contribution is 7.13. The number of carboxylic acid groups (broad SMARTS) is 1. The number of thiazole rings is 1. The maximum Gasteiger partial charge on any atom is 0.315 e. The second-order valence-electron chi connectivity index (χ2n) is 5.37. The van der Waals surface area contributed by atoms with Gasteiger partial charge in [-0.3, -0.25) is 4.79 Å². The molecule has 1 aromatic rings. The average Bonchev–Trinajstić information content (AvgIpc) is 2.89. The van der Waals surface area contributed by atoms with E-state index in [0.717, 1.165) is 31.1 Å². The van der Waals surface area contributed by atoms with Crippen LogP contribution in [0.5, 0.6) is 0 Å². The topological polar surface area (TPSA) is 62.7 Å². The van der Waals surface area contributed by atoms with E-state index in [2.05, 4.69) is 9.88 Å². The first kappa shape index (κ1) is 14.3. The zero-order valence-electron chi connectivity index (χ0n) is 11.5. The van der Waals surface area contributed by atoms with Gasteiger partial charge < -0.3 is 14.7 Å². The summed E-state index contributed by atoms with van der Waals surface area (Å²) in [4.78, 5) is 17.9. The van der Waals surface area contributed by atoms with Gasteiger partial charge in [0.25, 0.3) is 0 Å². The molecule has 0 amide bonds. The number of carbonyl (C=O) groups is 1. The lowest BCUT2D eigenvalue weighted by atomic mass is 9.90. The molecule has 2 heterocycles. The Balaban J connectivity index is 2.08. The molecule has 1 saturated heterocycles. The first-order valence-corrected chi connectivity index (χ1v) is 7.30. The average molecular weight is 284 g/mol. The monoisotopic (exact) mass is 284 g/mol. The fourth-order valence-corrected chi connectivity index (χ4v) is 3.14. The van der Waals surface area contributed by atoms with Gasteiger partial charge in [-0.2, -0.15) is 0 Å². The molecule has 1 fully saturated rings. The number of ether oxygens (including phenoxy) is 1. The summed E-state index contributed by atoms with van der Waals surface area (Å²) in [5, 5.41) is 12.0. The van der Waals surface area contributed by atoms with Crippen molar-refractivity contribution in [1.82, 2.24) is 4.98 Å². The van der Waals surface area contributed by atoms with Gasteiger partial charge in [-0.15, -0.1) is 11.3 Å². The number of hydrogen-bond donors (Lipinski definition) is 1. The van der Waals surface area contributed by atoms with Crippen molar-refractivity contribution in [2.45, 2.75) is 38.2 Å². The van der Waals surface area contributed by atoms with Crippen LogP contribution >= 0.6 is 11.3 Å². The molecule has 0 unspecified atom stereocenters. The van der Waals surface area contributed by atoms with Crippen LogP contribution in [0, 0.1) is 0 Å². The minimum absolute atomic E-state index is 0.339. The van der Waals surface area contributed by atoms with E-state index in [1.165, 1.54) is 11.3 Å². The molecule has 0 aromatic carbocycles. The Hall–Kier alpha value is -1.14. The van der Waals surface area contributed by atoms with Crippen molar-refractivity contribution >= 4 is 22.4 Å². The van der Waals surface area contributed by atoms with Crippen molar-refractivity contribution in [3.8, 4) is 0 Å². The van der Waals surface area contributed by atoms with E-state index in [-0.39, 0.29) is 0 Å². The van der Waals surface area contributed by atoms with E-state index in [9.17, 15) is 9.90 Å². The summed E-state index contributed by atoms with van der Waals surface area (Å²) in [6.07, 6.45) is 2.33. The quantitative estimate of drug-likeness (QED) is 0.917. The molecule has 106 valence electrons. The summed E-state index contributed by atoms with van der Waals surface area (Å²) in [6.45, 7) is 5.20. The first-order valence-electron chi connectivity index (χ1n) is 6.42. The summed E-state index contributed by atoms with van der Waals surface area (Å²) in [6, 6.07) is 0. The van der Waals surface area contributed by atoms with Crippen LogP contribution in [-0.2, 0) is 14.9 Å². The molecule has 0 aliphatic carbocycles. The van der Waals surface area contributed by atoms with Gasteiger partial charge in [0.1, 0.15) is 5.41 Å². The lowest BCUT2D eigenvalue weighted by molar-refractivity contribution is -0.142. The third-order valence-electron chi connectivity index (χ3n) is 3.71. The fourth-order valence-electron chi connectivity index (χ4n) is 2.09. The zero-order valence-corrected chi connectivity index (χ0v) is 12.4. The second kappa shape index (κ2) is 5.46. The maximum atomic E-state index is 11.2. The van der Waals surface area contributed by atoms with E-state index < -0.39 is 11.4 Å². The minimum atomic E-state index is -0.931. The smallest absolute Gasteiger partial charge is 0.315 e. The van der Waals surface area contributed by atoms with Crippen LogP contribution in [0.1, 0.15) is 32.4 Å². The van der Waals surface area contributed by atoms with Crippen LogP contribution in [-0.4, -0.2) is 42.4 Å². The third kappa shape index (κ3) is 2.90. The van der Waals surface area contributed by atoms with Crippen molar-refractivity contribution in [2.24, 2.45) is 0 Å². The number of nitrogens with zero attached hydrogens (tertiary/aromatic N) is 2. The standard InChI is InChI=1S/C13H20N2O3S/c1-13(2,11(16)17)10-8-19-12(14-10)15-6-4-9(18-3)5-7-15/h8-9H,4-7H2,1-3H3,(H,16,17). The van der Waals surface area contributed by atoms with Crippen LogP contribution in [0.2, 0.25) is 0 Å². The molecule has 0 saturated carbocycles. The van der Waals surface area contributed by atoms with Gasteiger partial charge >= 0.3 is 5.97 Å². The molecule has 5 nitrogen and oxygen atoms in total. The van der Waals surface area contributed by atoms with Crippen molar-refractivity contribution < 1.29 is 14.6 Å². The number of hydrogen-bond acceptors (Lipinski definition) is 5. The number of carboxylic acids is 1. The minimum Gasteiger partial charge on any atom is -0.481 e. The van der Waals surface area contributed by atoms with Gasteiger partial charge in [0, 0.05) is 25.6 Å². The lowest BCUT2D eigenvalue weighted by Crippen LogP contribution is -2.36. The molecule has 1 aliphatic heterocycles. The van der Waals surface area contributed by atoms with E-state index in [1.807, 2.05) is 5.38 Å². The molecule has 1 aromatic heterocycles. The number of aliphatic carboxylic acids is 1. The van der Waals surface area contributed by atoms with Crippen molar-refractivity contribution in [3.05, 3.63) is 11.1 Å². The number of methoxy groups -OCH3 is 1. The molecule has 0 atom stereocenters. The first-order chi connectivity index (χ1) is 8.95. The molecule has 19 heavy (non-hydrogen) atoms. The molecule has 2 rings (SSSR count).